The number of nitrogens with zero attached hydrogens (tertiary/aromatic N) is 1. The SMILES string of the molecule is Cl.NCC1CCCN1S(=O)(=O)c1ccc(C(F)(F)F)cc1Cl. The smallest absolute Gasteiger partial charge is 0.329 e. The van der Waals surface area contributed by atoms with E-state index in [1.807, 2.05) is 0 Å². The lowest BCUT2D eigenvalue weighted by Gasteiger charge is -2.23. The van der Waals surface area contributed by atoms with Crippen LogP contribution in [0.15, 0.2) is 23.1 Å². The van der Waals surface area contributed by atoms with Gasteiger partial charge in [0, 0.05) is 19.1 Å². The lowest BCUT2D eigenvalue weighted by Crippen LogP contribution is -2.39. The third kappa shape index (κ3) is 3.68. The van der Waals surface area contributed by atoms with Gasteiger partial charge in [-0.15, -0.1) is 12.4 Å². The summed E-state index contributed by atoms with van der Waals surface area (Å²) in [7, 11) is -3.94. The molecule has 0 bridgehead atoms. The molecular weight excluding hydrogens is 364 g/mol. The molecule has 1 aliphatic rings. The van der Waals surface area contributed by atoms with Crippen molar-refractivity contribution in [1.82, 2.24) is 4.31 Å². The van der Waals surface area contributed by atoms with Crippen LogP contribution < -0.4 is 5.73 Å². The monoisotopic (exact) mass is 378 g/mol. The molecule has 1 aliphatic heterocycles. The van der Waals surface area contributed by atoms with Gasteiger partial charge in [-0.3, -0.25) is 0 Å². The van der Waals surface area contributed by atoms with E-state index in [1.165, 1.54) is 4.31 Å². The molecule has 1 fully saturated rings. The molecule has 1 aromatic carbocycles. The van der Waals surface area contributed by atoms with Crippen LogP contribution >= 0.6 is 24.0 Å². The summed E-state index contributed by atoms with van der Waals surface area (Å²) in [4.78, 5) is -0.322. The second kappa shape index (κ2) is 6.92. The predicted molar refractivity (Wildman–Crippen MR) is 79.7 cm³/mol. The molecule has 0 radical (unpaired) electrons. The van der Waals surface area contributed by atoms with E-state index >= 15 is 0 Å². The van der Waals surface area contributed by atoms with Gasteiger partial charge in [0.2, 0.25) is 10.0 Å². The van der Waals surface area contributed by atoms with Gasteiger partial charge in [0.25, 0.3) is 0 Å². The number of halogens is 5. The Balaban J connectivity index is 0.00000242. The molecular formula is C12H15Cl2F3N2O2S. The van der Waals surface area contributed by atoms with E-state index in [0.717, 1.165) is 6.07 Å². The molecule has 0 spiro atoms. The molecule has 2 rings (SSSR count). The molecule has 1 heterocycles. The Morgan fingerprint density at radius 1 is 1.36 bits per heavy atom. The number of rotatable bonds is 3. The van der Waals surface area contributed by atoms with Gasteiger partial charge in [-0.2, -0.15) is 17.5 Å². The van der Waals surface area contributed by atoms with E-state index in [4.69, 9.17) is 17.3 Å². The fourth-order valence-corrected chi connectivity index (χ4v) is 4.60. The van der Waals surface area contributed by atoms with Gasteiger partial charge >= 0.3 is 6.18 Å². The van der Waals surface area contributed by atoms with Crippen LogP contribution in [-0.2, 0) is 16.2 Å². The Kier molecular flexibility index (Phi) is 6.14. The summed E-state index contributed by atoms with van der Waals surface area (Å²) < 4.78 is 63.9. The van der Waals surface area contributed by atoms with Crippen molar-refractivity contribution < 1.29 is 21.6 Å². The zero-order chi connectivity index (χ0) is 15.8. The summed E-state index contributed by atoms with van der Waals surface area (Å²) in [5.41, 5.74) is 4.55. The second-order valence-electron chi connectivity index (χ2n) is 4.79. The summed E-state index contributed by atoms with van der Waals surface area (Å²) in [6.45, 7) is 0.457. The summed E-state index contributed by atoms with van der Waals surface area (Å²) in [6.07, 6.45) is -3.27. The van der Waals surface area contributed by atoms with Crippen LogP contribution in [0.1, 0.15) is 18.4 Å². The summed E-state index contributed by atoms with van der Waals surface area (Å²) in [6, 6.07) is 1.90. The minimum Gasteiger partial charge on any atom is -0.329 e. The molecule has 4 nitrogen and oxygen atoms in total. The molecule has 1 atom stereocenters. The Bertz CT molecular complexity index is 638. The second-order valence-corrected chi connectivity index (χ2v) is 7.06. The first-order valence-corrected chi connectivity index (χ1v) is 8.08. The van der Waals surface area contributed by atoms with Crippen molar-refractivity contribution in [3.8, 4) is 0 Å². The van der Waals surface area contributed by atoms with E-state index in [1.54, 1.807) is 0 Å². The maximum atomic E-state index is 12.6. The Hall–Kier alpha value is -0.540. The van der Waals surface area contributed by atoms with E-state index in [0.29, 0.717) is 31.5 Å². The highest BCUT2D eigenvalue weighted by atomic mass is 35.5. The number of benzene rings is 1. The van der Waals surface area contributed by atoms with Crippen LogP contribution in [0.5, 0.6) is 0 Å². The Morgan fingerprint density at radius 2 is 2.00 bits per heavy atom. The summed E-state index contributed by atoms with van der Waals surface area (Å²) in [5.74, 6) is 0. The van der Waals surface area contributed by atoms with Gasteiger partial charge in [0.1, 0.15) is 4.90 Å². The van der Waals surface area contributed by atoms with Gasteiger partial charge in [-0.25, -0.2) is 8.42 Å². The van der Waals surface area contributed by atoms with Crippen molar-refractivity contribution in [2.45, 2.75) is 30.0 Å². The van der Waals surface area contributed by atoms with Crippen molar-refractivity contribution in [2.75, 3.05) is 13.1 Å². The molecule has 10 heteroatoms. The number of hydrogen-bond donors (Lipinski definition) is 1. The minimum atomic E-state index is -4.57. The fraction of sp³-hybridized carbons (Fsp3) is 0.500. The van der Waals surface area contributed by atoms with Crippen LogP contribution in [0.4, 0.5) is 13.2 Å². The van der Waals surface area contributed by atoms with Crippen LogP contribution in [0.25, 0.3) is 0 Å². The van der Waals surface area contributed by atoms with Crippen molar-refractivity contribution >= 4 is 34.0 Å². The zero-order valence-electron chi connectivity index (χ0n) is 11.3. The van der Waals surface area contributed by atoms with Crippen molar-refractivity contribution in [3.05, 3.63) is 28.8 Å². The first-order chi connectivity index (χ1) is 9.67. The molecule has 1 saturated heterocycles. The lowest BCUT2D eigenvalue weighted by molar-refractivity contribution is -0.137. The van der Waals surface area contributed by atoms with E-state index in [-0.39, 0.29) is 29.9 Å². The minimum absolute atomic E-state index is 0. The lowest BCUT2D eigenvalue weighted by atomic mass is 10.2. The molecule has 0 amide bonds. The Labute approximate surface area is 137 Å². The van der Waals surface area contributed by atoms with Crippen LogP contribution in [-0.4, -0.2) is 31.9 Å². The molecule has 0 saturated carbocycles. The number of alkyl halides is 3. The highest BCUT2D eigenvalue weighted by molar-refractivity contribution is 7.89. The summed E-state index contributed by atoms with van der Waals surface area (Å²) in [5, 5.41) is -0.438. The standard InChI is InChI=1S/C12H14ClF3N2O2S.ClH/c13-10-6-8(12(14,15)16)3-4-11(10)21(19,20)18-5-1-2-9(18)7-17;/h3-4,6,9H,1-2,5,7,17H2;1H. The van der Waals surface area contributed by atoms with Crippen LogP contribution in [0.3, 0.4) is 0 Å². The molecule has 126 valence electrons. The maximum absolute atomic E-state index is 12.6. The van der Waals surface area contributed by atoms with Gasteiger partial charge in [0.05, 0.1) is 10.6 Å². The van der Waals surface area contributed by atoms with E-state index < -0.39 is 26.8 Å². The first-order valence-electron chi connectivity index (χ1n) is 6.26. The zero-order valence-corrected chi connectivity index (χ0v) is 13.7. The van der Waals surface area contributed by atoms with Crippen LogP contribution in [0.2, 0.25) is 5.02 Å². The third-order valence-corrected chi connectivity index (χ3v) is 5.88. The molecule has 0 aliphatic carbocycles. The maximum Gasteiger partial charge on any atom is 0.416 e. The molecule has 1 unspecified atom stereocenters. The fourth-order valence-electron chi connectivity index (χ4n) is 2.37. The third-order valence-electron chi connectivity index (χ3n) is 3.44. The highest BCUT2D eigenvalue weighted by Crippen LogP contribution is 2.35. The average molecular weight is 379 g/mol. The molecule has 22 heavy (non-hydrogen) atoms. The highest BCUT2D eigenvalue weighted by Gasteiger charge is 2.37. The molecule has 2 N–H and O–H groups in total. The molecule has 1 aromatic rings. The number of hydrogen-bond acceptors (Lipinski definition) is 3. The molecule has 0 aromatic heterocycles. The predicted octanol–water partition coefficient (Wildman–Crippen LogP) is 2.89. The van der Waals surface area contributed by atoms with Gasteiger partial charge in [-0.05, 0) is 31.0 Å². The van der Waals surface area contributed by atoms with Crippen molar-refractivity contribution in [3.63, 3.8) is 0 Å². The quantitative estimate of drug-likeness (QED) is 0.879. The average Bonchev–Trinajstić information content (AvgIpc) is 2.86. The number of sulfonamides is 1. The normalized spacial score (nSPS) is 20.0. The first kappa shape index (κ1) is 19.5. The van der Waals surface area contributed by atoms with Gasteiger partial charge in [0.15, 0.2) is 0 Å². The van der Waals surface area contributed by atoms with E-state index in [2.05, 4.69) is 0 Å². The van der Waals surface area contributed by atoms with Crippen molar-refractivity contribution in [1.29, 1.82) is 0 Å². The summed E-state index contributed by atoms with van der Waals surface area (Å²) >= 11 is 5.75. The van der Waals surface area contributed by atoms with Gasteiger partial charge in [-0.1, -0.05) is 11.6 Å². The van der Waals surface area contributed by atoms with Crippen LogP contribution in [0, 0.1) is 0 Å². The van der Waals surface area contributed by atoms with Gasteiger partial charge < -0.3 is 5.73 Å². The Morgan fingerprint density at radius 3 is 2.50 bits per heavy atom. The topological polar surface area (TPSA) is 63.4 Å². The number of nitrogens with two attached hydrogens (primary N) is 1. The van der Waals surface area contributed by atoms with Crippen molar-refractivity contribution in [2.24, 2.45) is 5.73 Å². The van der Waals surface area contributed by atoms with E-state index in [9.17, 15) is 21.6 Å². The largest absolute Gasteiger partial charge is 0.416 e.